The summed E-state index contributed by atoms with van der Waals surface area (Å²) in [6, 6.07) is 10.2. The first-order valence-electron chi connectivity index (χ1n) is 8.39. The first-order valence-corrected chi connectivity index (χ1v) is 9.94. The van der Waals surface area contributed by atoms with E-state index in [-0.39, 0.29) is 4.90 Å². The smallest absolute Gasteiger partial charge is 0.238 e. The van der Waals surface area contributed by atoms with Crippen LogP contribution in [0, 0.1) is 0 Å². The van der Waals surface area contributed by atoms with E-state index in [1.807, 2.05) is 12.1 Å². The van der Waals surface area contributed by atoms with Crippen LogP contribution >= 0.6 is 0 Å². The lowest BCUT2D eigenvalue weighted by atomic mass is 10.0. The van der Waals surface area contributed by atoms with Gasteiger partial charge in [-0.05, 0) is 23.8 Å². The largest absolute Gasteiger partial charge is 0.493 e. The zero-order valence-electron chi connectivity index (χ0n) is 15.3. The van der Waals surface area contributed by atoms with Crippen LogP contribution in [0.1, 0.15) is 11.1 Å². The van der Waals surface area contributed by atoms with Crippen molar-refractivity contribution in [3.63, 3.8) is 0 Å². The van der Waals surface area contributed by atoms with E-state index in [9.17, 15) is 8.42 Å². The van der Waals surface area contributed by atoms with Gasteiger partial charge in [-0.2, -0.15) is 5.10 Å². The number of hydrogen-bond acceptors (Lipinski definition) is 6. The molecule has 2 aromatic carbocycles. The molecule has 0 unspecified atom stereocenters. The van der Waals surface area contributed by atoms with Crippen LogP contribution in [-0.2, 0) is 16.4 Å². The van der Waals surface area contributed by atoms with Crippen molar-refractivity contribution in [3.8, 4) is 11.5 Å². The van der Waals surface area contributed by atoms with Crippen molar-refractivity contribution >= 4 is 26.4 Å². The Morgan fingerprint density at radius 1 is 1.07 bits per heavy atom. The highest BCUT2D eigenvalue weighted by Crippen LogP contribution is 2.34. The molecule has 0 spiro atoms. The Hall–Kier alpha value is -3.17. The number of sulfonamides is 1. The molecule has 0 aliphatic heterocycles. The van der Waals surface area contributed by atoms with E-state index in [1.54, 1.807) is 43.4 Å². The fourth-order valence-corrected chi connectivity index (χ4v) is 3.73. The minimum atomic E-state index is -3.71. The van der Waals surface area contributed by atoms with Crippen molar-refractivity contribution in [1.82, 2.24) is 14.6 Å². The van der Waals surface area contributed by atoms with Crippen LogP contribution in [0.4, 0.5) is 0 Å². The second-order valence-electron chi connectivity index (χ2n) is 6.30. The molecule has 28 heavy (non-hydrogen) atoms. The van der Waals surface area contributed by atoms with Gasteiger partial charge in [0.25, 0.3) is 0 Å². The molecule has 0 fully saturated rings. The van der Waals surface area contributed by atoms with Gasteiger partial charge >= 0.3 is 0 Å². The van der Waals surface area contributed by atoms with Crippen molar-refractivity contribution in [1.29, 1.82) is 0 Å². The van der Waals surface area contributed by atoms with E-state index in [2.05, 4.69) is 10.1 Å². The molecule has 0 radical (unpaired) electrons. The summed E-state index contributed by atoms with van der Waals surface area (Å²) in [7, 11) is -0.544. The number of nitrogens with two attached hydrogens (primary N) is 1. The number of aromatic nitrogens is 3. The van der Waals surface area contributed by atoms with Gasteiger partial charge in [0, 0.05) is 23.4 Å². The van der Waals surface area contributed by atoms with E-state index in [4.69, 9.17) is 14.6 Å². The van der Waals surface area contributed by atoms with E-state index < -0.39 is 10.0 Å². The van der Waals surface area contributed by atoms with Gasteiger partial charge in [-0.25, -0.2) is 23.1 Å². The number of hydrogen-bond donors (Lipinski definition) is 1. The Morgan fingerprint density at radius 3 is 2.39 bits per heavy atom. The highest BCUT2D eigenvalue weighted by atomic mass is 32.2. The van der Waals surface area contributed by atoms with Gasteiger partial charge in [-0.15, -0.1) is 0 Å². The van der Waals surface area contributed by atoms with Crippen molar-refractivity contribution in [2.24, 2.45) is 5.14 Å². The summed E-state index contributed by atoms with van der Waals surface area (Å²) in [6.07, 6.45) is 4.00. The Morgan fingerprint density at radius 2 is 1.75 bits per heavy atom. The number of fused-ring (bicyclic) bond motifs is 3. The third kappa shape index (κ3) is 3.14. The lowest BCUT2D eigenvalue weighted by molar-refractivity contribution is 0.356. The molecule has 0 aliphatic rings. The van der Waals surface area contributed by atoms with Crippen LogP contribution in [0.2, 0.25) is 0 Å². The SMILES string of the molecule is COc1cc2ncn3ncc(Cc4ccc(S(N)(=O)=O)cc4)c3c2cc1OC. The summed E-state index contributed by atoms with van der Waals surface area (Å²) in [4.78, 5) is 4.52. The molecule has 144 valence electrons. The number of methoxy groups -OCH3 is 2. The number of benzene rings is 2. The van der Waals surface area contributed by atoms with E-state index in [1.165, 1.54) is 12.1 Å². The third-order valence-corrected chi connectivity index (χ3v) is 5.51. The van der Waals surface area contributed by atoms with Crippen LogP contribution in [0.5, 0.6) is 11.5 Å². The average molecular weight is 398 g/mol. The first-order chi connectivity index (χ1) is 13.4. The lowest BCUT2D eigenvalue weighted by Crippen LogP contribution is -2.11. The predicted molar refractivity (Wildman–Crippen MR) is 104 cm³/mol. The van der Waals surface area contributed by atoms with Crippen molar-refractivity contribution in [3.05, 3.63) is 60.0 Å². The van der Waals surface area contributed by atoms with Crippen molar-refractivity contribution in [2.45, 2.75) is 11.3 Å². The molecule has 8 nitrogen and oxygen atoms in total. The normalized spacial score (nSPS) is 11.8. The number of ether oxygens (including phenoxy) is 2. The molecule has 4 aromatic rings. The standard InChI is InChI=1S/C19H18N4O4S/c1-26-17-8-15-16(9-18(17)27-2)21-11-23-19(15)13(10-22-23)7-12-3-5-14(6-4-12)28(20,24)25/h3-6,8-11H,7H2,1-2H3,(H2,20,24,25). The monoisotopic (exact) mass is 398 g/mol. The fourth-order valence-electron chi connectivity index (χ4n) is 3.21. The first kappa shape index (κ1) is 18.2. The molecule has 0 atom stereocenters. The molecule has 0 bridgehead atoms. The Balaban J connectivity index is 1.82. The molecule has 4 rings (SSSR count). The molecule has 0 saturated heterocycles. The van der Waals surface area contributed by atoms with Crippen molar-refractivity contribution in [2.75, 3.05) is 14.2 Å². The van der Waals surface area contributed by atoms with Crippen LogP contribution in [0.25, 0.3) is 16.4 Å². The highest BCUT2D eigenvalue weighted by molar-refractivity contribution is 7.89. The zero-order chi connectivity index (χ0) is 19.9. The number of rotatable bonds is 5. The highest BCUT2D eigenvalue weighted by Gasteiger charge is 2.14. The minimum absolute atomic E-state index is 0.0857. The molecular weight excluding hydrogens is 380 g/mol. The van der Waals surface area contributed by atoms with E-state index in [0.29, 0.717) is 17.9 Å². The average Bonchev–Trinajstić information content (AvgIpc) is 3.09. The Bertz CT molecular complexity index is 1280. The summed E-state index contributed by atoms with van der Waals surface area (Å²) in [5, 5.41) is 10.4. The summed E-state index contributed by atoms with van der Waals surface area (Å²) >= 11 is 0. The van der Waals surface area contributed by atoms with Gasteiger partial charge in [0.05, 0.1) is 36.3 Å². The third-order valence-electron chi connectivity index (χ3n) is 4.58. The van der Waals surface area contributed by atoms with Gasteiger partial charge in [0.2, 0.25) is 10.0 Å². The summed E-state index contributed by atoms with van der Waals surface area (Å²) in [5.74, 6) is 1.21. The maximum Gasteiger partial charge on any atom is 0.238 e. The lowest BCUT2D eigenvalue weighted by Gasteiger charge is -2.10. The van der Waals surface area contributed by atoms with Gasteiger partial charge in [0.15, 0.2) is 11.5 Å². The second kappa shape index (κ2) is 6.77. The molecule has 2 N–H and O–H groups in total. The molecule has 0 amide bonds. The molecule has 9 heteroatoms. The predicted octanol–water partition coefficient (Wildman–Crippen LogP) is 2.14. The topological polar surface area (TPSA) is 109 Å². The van der Waals surface area contributed by atoms with Crippen LogP contribution in [0.3, 0.4) is 0 Å². The molecule has 2 heterocycles. The maximum atomic E-state index is 11.4. The second-order valence-corrected chi connectivity index (χ2v) is 7.86. The Labute approximate surface area is 161 Å². The van der Waals surface area contributed by atoms with Crippen LogP contribution in [-0.4, -0.2) is 37.2 Å². The van der Waals surface area contributed by atoms with Crippen LogP contribution < -0.4 is 14.6 Å². The van der Waals surface area contributed by atoms with Gasteiger partial charge < -0.3 is 9.47 Å². The van der Waals surface area contributed by atoms with Gasteiger partial charge in [-0.3, -0.25) is 0 Å². The number of primary sulfonamides is 1. The van der Waals surface area contributed by atoms with E-state index in [0.717, 1.165) is 27.5 Å². The molecule has 2 aromatic heterocycles. The minimum Gasteiger partial charge on any atom is -0.493 e. The van der Waals surface area contributed by atoms with Gasteiger partial charge in [0.1, 0.15) is 6.33 Å². The molecule has 0 aliphatic carbocycles. The van der Waals surface area contributed by atoms with E-state index >= 15 is 0 Å². The molecular formula is C19H18N4O4S. The zero-order valence-corrected chi connectivity index (χ0v) is 16.1. The summed E-state index contributed by atoms with van der Waals surface area (Å²) in [6.45, 7) is 0. The summed E-state index contributed by atoms with van der Waals surface area (Å²) < 4.78 is 35.3. The molecule has 0 saturated carbocycles. The van der Waals surface area contributed by atoms with Crippen molar-refractivity contribution < 1.29 is 17.9 Å². The number of nitrogens with zero attached hydrogens (tertiary/aromatic N) is 3. The maximum absolute atomic E-state index is 11.4. The Kier molecular flexibility index (Phi) is 4.40. The van der Waals surface area contributed by atoms with Gasteiger partial charge in [-0.1, -0.05) is 12.1 Å². The summed E-state index contributed by atoms with van der Waals surface area (Å²) in [5.41, 5.74) is 3.58. The quantitative estimate of drug-likeness (QED) is 0.552. The fraction of sp³-hybridized carbons (Fsp3) is 0.158. The van der Waals surface area contributed by atoms with Crippen LogP contribution in [0.15, 0.2) is 53.8 Å².